The van der Waals surface area contributed by atoms with E-state index < -0.39 is 0 Å². The molecule has 0 bridgehead atoms. The number of aromatic amines is 1. The average Bonchev–Trinajstić information content (AvgIpc) is 3.29. The van der Waals surface area contributed by atoms with Gasteiger partial charge in [-0.15, -0.1) is 0 Å². The smallest absolute Gasteiger partial charge is 0.241 e. The van der Waals surface area contributed by atoms with E-state index in [0.29, 0.717) is 24.8 Å². The molecule has 0 fully saturated rings. The molecule has 3 aromatic heterocycles. The third-order valence-electron chi connectivity index (χ3n) is 4.06. The SMILES string of the molecule is COc1ccc2n[nH]c(CN(C)Cc3nc(-c4cccnc4)no3)c2c1. The maximum atomic E-state index is 5.36. The van der Waals surface area contributed by atoms with E-state index in [0.717, 1.165) is 27.9 Å². The fourth-order valence-electron chi connectivity index (χ4n) is 2.78. The Hall–Kier alpha value is -3.26. The molecule has 0 aliphatic carbocycles. The summed E-state index contributed by atoms with van der Waals surface area (Å²) >= 11 is 0. The second-order valence-corrected chi connectivity index (χ2v) is 6.01. The number of pyridine rings is 1. The van der Waals surface area contributed by atoms with Crippen molar-refractivity contribution in [3.05, 3.63) is 54.3 Å². The zero-order chi connectivity index (χ0) is 17.9. The zero-order valence-corrected chi connectivity index (χ0v) is 14.5. The molecule has 0 saturated heterocycles. The van der Waals surface area contributed by atoms with Gasteiger partial charge in [-0.25, -0.2) is 0 Å². The summed E-state index contributed by atoms with van der Waals surface area (Å²) in [4.78, 5) is 10.6. The normalized spacial score (nSPS) is 11.3. The van der Waals surface area contributed by atoms with E-state index in [9.17, 15) is 0 Å². The summed E-state index contributed by atoms with van der Waals surface area (Å²) in [5.41, 5.74) is 2.75. The molecular formula is C18H18N6O2. The third-order valence-corrected chi connectivity index (χ3v) is 4.06. The Morgan fingerprint density at radius 3 is 2.96 bits per heavy atom. The first-order valence-electron chi connectivity index (χ1n) is 8.15. The van der Waals surface area contributed by atoms with Crippen LogP contribution in [0.1, 0.15) is 11.6 Å². The highest BCUT2D eigenvalue weighted by Gasteiger charge is 2.13. The summed E-state index contributed by atoms with van der Waals surface area (Å²) in [7, 11) is 3.64. The van der Waals surface area contributed by atoms with Gasteiger partial charge in [-0.2, -0.15) is 10.1 Å². The quantitative estimate of drug-likeness (QED) is 0.571. The molecule has 4 aromatic rings. The second kappa shape index (κ2) is 6.93. The molecule has 1 aromatic carbocycles. The number of nitrogens with zero attached hydrogens (tertiary/aromatic N) is 5. The van der Waals surface area contributed by atoms with Gasteiger partial charge in [0, 0.05) is 29.9 Å². The molecule has 0 saturated carbocycles. The van der Waals surface area contributed by atoms with Crippen molar-refractivity contribution in [3.63, 3.8) is 0 Å². The van der Waals surface area contributed by atoms with E-state index in [-0.39, 0.29) is 0 Å². The maximum absolute atomic E-state index is 5.36. The number of methoxy groups -OCH3 is 1. The minimum Gasteiger partial charge on any atom is -0.497 e. The molecule has 4 rings (SSSR count). The molecule has 0 amide bonds. The number of hydrogen-bond acceptors (Lipinski definition) is 7. The molecule has 132 valence electrons. The van der Waals surface area contributed by atoms with Crippen molar-refractivity contribution in [2.24, 2.45) is 0 Å². The van der Waals surface area contributed by atoms with Crippen LogP contribution in [0.15, 0.2) is 47.2 Å². The van der Waals surface area contributed by atoms with Crippen LogP contribution in [-0.4, -0.2) is 44.4 Å². The van der Waals surface area contributed by atoms with Gasteiger partial charge >= 0.3 is 0 Å². The van der Waals surface area contributed by atoms with Gasteiger partial charge in [-0.1, -0.05) is 5.16 Å². The number of benzene rings is 1. The Bertz CT molecular complexity index is 1010. The molecule has 26 heavy (non-hydrogen) atoms. The van der Waals surface area contributed by atoms with E-state index in [1.54, 1.807) is 19.5 Å². The van der Waals surface area contributed by atoms with Gasteiger partial charge in [0.25, 0.3) is 0 Å². The van der Waals surface area contributed by atoms with Crippen LogP contribution in [0.5, 0.6) is 5.75 Å². The van der Waals surface area contributed by atoms with Gasteiger partial charge in [0.2, 0.25) is 11.7 Å². The van der Waals surface area contributed by atoms with E-state index in [2.05, 4.69) is 30.2 Å². The van der Waals surface area contributed by atoms with Crippen LogP contribution >= 0.6 is 0 Å². The van der Waals surface area contributed by atoms with E-state index in [1.165, 1.54) is 0 Å². The first kappa shape index (κ1) is 16.2. The number of ether oxygens (including phenoxy) is 1. The molecule has 3 heterocycles. The lowest BCUT2D eigenvalue weighted by Gasteiger charge is -2.13. The van der Waals surface area contributed by atoms with Gasteiger partial charge in [0.05, 0.1) is 24.9 Å². The monoisotopic (exact) mass is 350 g/mol. The number of aromatic nitrogens is 5. The van der Waals surface area contributed by atoms with Crippen LogP contribution in [0.25, 0.3) is 22.3 Å². The summed E-state index contributed by atoms with van der Waals surface area (Å²) in [6.45, 7) is 1.19. The topological polar surface area (TPSA) is 93.0 Å². The van der Waals surface area contributed by atoms with Crippen LogP contribution in [0.2, 0.25) is 0 Å². The predicted octanol–water partition coefficient (Wildman–Crippen LogP) is 2.65. The van der Waals surface area contributed by atoms with Crippen molar-refractivity contribution in [1.29, 1.82) is 0 Å². The molecule has 1 N–H and O–H groups in total. The fourth-order valence-corrected chi connectivity index (χ4v) is 2.78. The van der Waals surface area contributed by atoms with Gasteiger partial charge < -0.3 is 9.26 Å². The predicted molar refractivity (Wildman–Crippen MR) is 95.3 cm³/mol. The van der Waals surface area contributed by atoms with Crippen molar-refractivity contribution in [2.75, 3.05) is 14.2 Å². The molecule has 8 nitrogen and oxygen atoms in total. The van der Waals surface area contributed by atoms with Gasteiger partial charge in [-0.3, -0.25) is 15.0 Å². The molecule has 0 aliphatic heterocycles. The van der Waals surface area contributed by atoms with E-state index in [1.807, 2.05) is 37.4 Å². The zero-order valence-electron chi connectivity index (χ0n) is 14.5. The third kappa shape index (κ3) is 3.27. The number of hydrogen-bond donors (Lipinski definition) is 1. The molecule has 0 radical (unpaired) electrons. The lowest BCUT2D eigenvalue weighted by Crippen LogP contribution is -2.17. The highest BCUT2D eigenvalue weighted by molar-refractivity contribution is 5.82. The van der Waals surface area contributed by atoms with Crippen molar-refractivity contribution < 1.29 is 9.26 Å². The Morgan fingerprint density at radius 1 is 1.23 bits per heavy atom. The van der Waals surface area contributed by atoms with Crippen molar-refractivity contribution in [3.8, 4) is 17.1 Å². The average molecular weight is 350 g/mol. The number of H-pyrrole nitrogens is 1. The highest BCUT2D eigenvalue weighted by Crippen LogP contribution is 2.23. The summed E-state index contributed by atoms with van der Waals surface area (Å²) in [5.74, 6) is 1.90. The Labute approximate surface area is 149 Å². The molecule has 0 spiro atoms. The molecule has 8 heteroatoms. The lowest BCUT2D eigenvalue weighted by molar-refractivity contribution is 0.259. The molecular weight excluding hydrogens is 332 g/mol. The summed E-state index contributed by atoms with van der Waals surface area (Å²) in [6.07, 6.45) is 3.42. The van der Waals surface area contributed by atoms with E-state index >= 15 is 0 Å². The lowest BCUT2D eigenvalue weighted by atomic mass is 10.2. The Kier molecular flexibility index (Phi) is 4.32. The minimum atomic E-state index is 0.526. The first-order valence-corrected chi connectivity index (χ1v) is 8.15. The van der Waals surface area contributed by atoms with Crippen LogP contribution < -0.4 is 4.74 Å². The summed E-state index contributed by atoms with van der Waals surface area (Å²) in [5, 5.41) is 12.5. The van der Waals surface area contributed by atoms with Crippen molar-refractivity contribution in [1.82, 2.24) is 30.2 Å². The van der Waals surface area contributed by atoms with Gasteiger partial charge in [-0.05, 0) is 37.4 Å². The van der Waals surface area contributed by atoms with Gasteiger partial charge in [0.15, 0.2) is 0 Å². The Morgan fingerprint density at radius 2 is 2.15 bits per heavy atom. The molecule has 0 aliphatic rings. The summed E-state index contributed by atoms with van der Waals surface area (Å²) < 4.78 is 10.7. The van der Waals surface area contributed by atoms with Crippen molar-refractivity contribution >= 4 is 10.9 Å². The van der Waals surface area contributed by atoms with Gasteiger partial charge in [0.1, 0.15) is 5.75 Å². The molecule has 0 unspecified atom stereocenters. The van der Waals surface area contributed by atoms with Crippen LogP contribution in [0.3, 0.4) is 0 Å². The fraction of sp³-hybridized carbons (Fsp3) is 0.222. The van der Waals surface area contributed by atoms with Crippen LogP contribution in [0.4, 0.5) is 0 Å². The second-order valence-electron chi connectivity index (χ2n) is 6.01. The number of rotatable bonds is 6. The number of nitrogens with one attached hydrogen (secondary N) is 1. The number of fused-ring (bicyclic) bond motifs is 1. The van der Waals surface area contributed by atoms with Crippen LogP contribution in [0, 0.1) is 0 Å². The maximum Gasteiger partial charge on any atom is 0.241 e. The largest absolute Gasteiger partial charge is 0.497 e. The Balaban J connectivity index is 1.48. The van der Waals surface area contributed by atoms with Crippen molar-refractivity contribution in [2.45, 2.75) is 13.1 Å². The first-order chi connectivity index (χ1) is 12.7. The standard InChI is InChI=1S/C18H18N6O2/c1-24(10-16-14-8-13(25-2)5-6-15(14)21-22-16)11-17-20-18(23-26-17)12-4-3-7-19-9-12/h3-9H,10-11H2,1-2H3,(H,21,22). The summed E-state index contributed by atoms with van der Waals surface area (Å²) in [6, 6.07) is 9.56. The molecule has 0 atom stereocenters. The minimum absolute atomic E-state index is 0.526. The highest BCUT2D eigenvalue weighted by atomic mass is 16.5. The van der Waals surface area contributed by atoms with Crippen LogP contribution in [-0.2, 0) is 13.1 Å². The van der Waals surface area contributed by atoms with E-state index in [4.69, 9.17) is 9.26 Å².